The van der Waals surface area contributed by atoms with E-state index in [1.54, 1.807) is 11.3 Å². The zero-order valence-corrected chi connectivity index (χ0v) is 18.9. The van der Waals surface area contributed by atoms with Crippen LogP contribution in [0.2, 0.25) is 0 Å². The molecule has 3 atom stereocenters. The van der Waals surface area contributed by atoms with Gasteiger partial charge in [0.2, 0.25) is 5.95 Å². The number of aromatic amines is 1. The largest absolute Gasteiger partial charge is 0.444 e. The van der Waals surface area contributed by atoms with Crippen molar-refractivity contribution in [2.75, 3.05) is 10.6 Å². The fourth-order valence-electron chi connectivity index (χ4n) is 4.52. The summed E-state index contributed by atoms with van der Waals surface area (Å²) in [4.78, 5) is 24.1. The topological polar surface area (TPSA) is 108 Å². The second-order valence-electron chi connectivity index (χ2n) is 9.26. The van der Waals surface area contributed by atoms with Gasteiger partial charge in [0.1, 0.15) is 5.60 Å². The number of hydrogen-bond donors (Lipinski definition) is 3. The van der Waals surface area contributed by atoms with Crippen LogP contribution in [0.1, 0.15) is 45.7 Å². The molecule has 0 spiro atoms. The first-order chi connectivity index (χ1) is 14.8. The quantitative estimate of drug-likeness (QED) is 0.550. The Morgan fingerprint density at radius 2 is 2.16 bits per heavy atom. The average Bonchev–Trinajstić information content (AvgIpc) is 3.44. The second-order valence-corrected chi connectivity index (χ2v) is 10.2. The SMILES string of the molecule is Cc1cc(Nc2nc(N[C@H]3C[C@@H]4CC[C@@H]3N4C(=O)OC(C)(C)C)nc3ccsc23)n[nH]1. The van der Waals surface area contributed by atoms with Gasteiger partial charge in [0.25, 0.3) is 0 Å². The van der Waals surface area contributed by atoms with Crippen LogP contribution in [0.15, 0.2) is 17.5 Å². The molecule has 0 aromatic carbocycles. The van der Waals surface area contributed by atoms with E-state index in [9.17, 15) is 4.79 Å². The molecule has 2 fully saturated rings. The van der Waals surface area contributed by atoms with Gasteiger partial charge in [-0.25, -0.2) is 9.78 Å². The number of rotatable bonds is 4. The maximum absolute atomic E-state index is 12.7. The third-order valence-corrected chi connectivity index (χ3v) is 6.62. The van der Waals surface area contributed by atoms with Crippen molar-refractivity contribution in [3.63, 3.8) is 0 Å². The molecule has 2 aliphatic rings. The molecule has 3 aromatic heterocycles. The van der Waals surface area contributed by atoms with Gasteiger partial charge in [0.05, 0.1) is 22.3 Å². The Bertz CT molecular complexity index is 1120. The maximum atomic E-state index is 12.7. The minimum Gasteiger partial charge on any atom is -0.444 e. The van der Waals surface area contributed by atoms with Crippen molar-refractivity contribution in [2.24, 2.45) is 0 Å². The highest BCUT2D eigenvalue weighted by atomic mass is 32.1. The molecule has 10 heteroatoms. The van der Waals surface area contributed by atoms with Crippen molar-refractivity contribution >= 4 is 45.2 Å². The lowest BCUT2D eigenvalue weighted by Crippen LogP contribution is -2.42. The monoisotopic (exact) mass is 441 g/mol. The minimum absolute atomic E-state index is 0.0898. The number of carbonyl (C=O) groups is 1. The Kier molecular flexibility index (Phi) is 4.76. The smallest absolute Gasteiger partial charge is 0.410 e. The van der Waals surface area contributed by atoms with E-state index < -0.39 is 5.60 Å². The molecular formula is C21H27N7O2S. The summed E-state index contributed by atoms with van der Waals surface area (Å²) >= 11 is 1.59. The number of anilines is 3. The predicted octanol–water partition coefficient (Wildman–Crippen LogP) is 4.42. The first-order valence-corrected chi connectivity index (χ1v) is 11.5. The lowest BCUT2D eigenvalue weighted by atomic mass is 9.96. The number of fused-ring (bicyclic) bond motifs is 3. The Morgan fingerprint density at radius 3 is 2.90 bits per heavy atom. The van der Waals surface area contributed by atoms with Gasteiger partial charge in [0, 0.05) is 17.8 Å². The summed E-state index contributed by atoms with van der Waals surface area (Å²) in [5, 5.41) is 16.0. The number of carbonyl (C=O) groups excluding carboxylic acids is 1. The van der Waals surface area contributed by atoms with Crippen LogP contribution in [0.25, 0.3) is 10.2 Å². The van der Waals surface area contributed by atoms with Crippen LogP contribution in [0.5, 0.6) is 0 Å². The van der Waals surface area contributed by atoms with E-state index in [1.165, 1.54) is 0 Å². The molecule has 31 heavy (non-hydrogen) atoms. The van der Waals surface area contributed by atoms with Crippen molar-refractivity contribution in [2.45, 2.75) is 70.7 Å². The molecule has 0 aliphatic carbocycles. The highest BCUT2D eigenvalue weighted by Crippen LogP contribution is 2.40. The second kappa shape index (κ2) is 7.37. The van der Waals surface area contributed by atoms with E-state index in [0.717, 1.165) is 41.0 Å². The maximum Gasteiger partial charge on any atom is 0.410 e. The number of ether oxygens (including phenoxy) is 1. The van der Waals surface area contributed by atoms with Gasteiger partial charge in [0.15, 0.2) is 11.6 Å². The standard InChI is InChI=1S/C21H27N7O2S/c1-11-9-16(27-26-11)24-18-17-13(7-8-31-17)22-19(25-18)23-14-10-12-5-6-15(14)28(12)20(29)30-21(2,3)4/h7-9,12,14-15H,5-6,10H2,1-4H3,(H3,22,23,24,25,26,27)/t12-,14-,15-/m0/s1. The Labute approximate surface area is 184 Å². The summed E-state index contributed by atoms with van der Waals surface area (Å²) in [6, 6.07) is 4.31. The number of amides is 1. The van der Waals surface area contributed by atoms with Crippen LogP contribution in [0.4, 0.5) is 22.4 Å². The van der Waals surface area contributed by atoms with Crippen LogP contribution in [0.3, 0.4) is 0 Å². The van der Waals surface area contributed by atoms with Crippen molar-refractivity contribution in [3.05, 3.63) is 23.2 Å². The van der Waals surface area contributed by atoms with Crippen molar-refractivity contribution < 1.29 is 9.53 Å². The van der Waals surface area contributed by atoms with Gasteiger partial charge in [-0.15, -0.1) is 11.3 Å². The van der Waals surface area contributed by atoms with Gasteiger partial charge < -0.3 is 20.3 Å². The number of aryl methyl sites for hydroxylation is 1. The Hall–Kier alpha value is -2.88. The zero-order chi connectivity index (χ0) is 21.8. The lowest BCUT2D eigenvalue weighted by Gasteiger charge is -2.28. The summed E-state index contributed by atoms with van der Waals surface area (Å²) in [5.74, 6) is 2.00. The van der Waals surface area contributed by atoms with Crippen molar-refractivity contribution in [1.29, 1.82) is 0 Å². The summed E-state index contributed by atoms with van der Waals surface area (Å²) in [6.45, 7) is 7.66. The van der Waals surface area contributed by atoms with Crippen molar-refractivity contribution in [3.8, 4) is 0 Å². The van der Waals surface area contributed by atoms with Gasteiger partial charge in [-0.05, 0) is 58.4 Å². The average molecular weight is 442 g/mol. The van der Waals surface area contributed by atoms with Gasteiger partial charge in [-0.2, -0.15) is 10.1 Å². The molecule has 0 saturated carbocycles. The van der Waals surface area contributed by atoms with E-state index in [4.69, 9.17) is 14.7 Å². The number of hydrogen-bond acceptors (Lipinski definition) is 8. The highest BCUT2D eigenvalue weighted by Gasteiger charge is 2.50. The van der Waals surface area contributed by atoms with Crippen LogP contribution >= 0.6 is 11.3 Å². The van der Waals surface area contributed by atoms with Crippen LogP contribution in [-0.4, -0.2) is 54.9 Å². The lowest BCUT2D eigenvalue weighted by molar-refractivity contribution is 0.0214. The third-order valence-electron chi connectivity index (χ3n) is 5.71. The first-order valence-electron chi connectivity index (χ1n) is 10.6. The molecule has 164 valence electrons. The molecule has 1 amide bonds. The van der Waals surface area contributed by atoms with Crippen molar-refractivity contribution in [1.82, 2.24) is 25.1 Å². The third kappa shape index (κ3) is 3.91. The highest BCUT2D eigenvalue weighted by molar-refractivity contribution is 7.17. The Balaban J connectivity index is 1.37. The number of nitrogens with zero attached hydrogens (tertiary/aromatic N) is 4. The van der Waals surface area contributed by atoms with E-state index in [1.807, 2.05) is 50.1 Å². The zero-order valence-electron chi connectivity index (χ0n) is 18.1. The molecule has 2 saturated heterocycles. The van der Waals surface area contributed by atoms with Gasteiger partial charge in [-0.3, -0.25) is 5.10 Å². The molecule has 3 N–H and O–H groups in total. The number of nitrogens with one attached hydrogen (secondary N) is 3. The molecule has 2 bridgehead atoms. The van der Waals surface area contributed by atoms with Gasteiger partial charge in [-0.1, -0.05) is 0 Å². The molecule has 3 aromatic rings. The minimum atomic E-state index is -0.500. The fourth-order valence-corrected chi connectivity index (χ4v) is 5.30. The number of aromatic nitrogens is 4. The van der Waals surface area contributed by atoms with E-state index in [-0.39, 0.29) is 24.2 Å². The molecule has 5 heterocycles. The summed E-state index contributed by atoms with van der Waals surface area (Å²) in [6.07, 6.45) is 2.61. The number of thiophene rings is 1. The fraction of sp³-hybridized carbons (Fsp3) is 0.524. The van der Waals surface area contributed by atoms with E-state index in [2.05, 4.69) is 20.8 Å². The summed E-state index contributed by atoms with van der Waals surface area (Å²) in [7, 11) is 0. The van der Waals surface area contributed by atoms with E-state index >= 15 is 0 Å². The number of H-pyrrole nitrogens is 1. The normalized spacial score (nSPS) is 22.8. The van der Waals surface area contributed by atoms with Crippen LogP contribution in [-0.2, 0) is 4.74 Å². The van der Waals surface area contributed by atoms with E-state index in [0.29, 0.717) is 11.8 Å². The first kappa shape index (κ1) is 20.0. The predicted molar refractivity (Wildman–Crippen MR) is 121 cm³/mol. The molecule has 5 rings (SSSR count). The van der Waals surface area contributed by atoms with Crippen LogP contribution < -0.4 is 10.6 Å². The molecule has 9 nitrogen and oxygen atoms in total. The molecule has 2 aliphatic heterocycles. The summed E-state index contributed by atoms with van der Waals surface area (Å²) < 4.78 is 6.63. The molecule has 0 unspecified atom stereocenters. The molecule has 0 radical (unpaired) electrons. The van der Waals surface area contributed by atoms with Crippen LogP contribution in [0, 0.1) is 6.92 Å². The van der Waals surface area contributed by atoms with Gasteiger partial charge >= 0.3 is 6.09 Å². The summed E-state index contributed by atoms with van der Waals surface area (Å²) in [5.41, 5.74) is 1.35. The Morgan fingerprint density at radius 1 is 1.32 bits per heavy atom. The molecular weight excluding hydrogens is 414 g/mol.